The number of β-amino-alcohol motifs (C(OH)–C–C–N with tert-alkyl or cyclic N) is 1. The Morgan fingerprint density at radius 2 is 2.14 bits per heavy atom. The molecule has 0 bridgehead atoms. The van der Waals surface area contributed by atoms with E-state index in [-0.39, 0.29) is 11.9 Å². The summed E-state index contributed by atoms with van der Waals surface area (Å²) in [5.41, 5.74) is 3.84. The standard InChI is InChI=1S/C25H28BrN7O2S/c1-15-12-33-23(28-24(15)31-13-16(11-27)22(34)14-31)10-20(29-33)21-5-3-4-8-32(21)25(35)18-9-17(26)6-7-19(18)30-36-2/h6-7,9-10,12,16,21-22,30,34H,3-5,8,13-14H2,1-2H3/t16-,21+,22+/m1/s1. The molecule has 2 saturated heterocycles. The van der Waals surface area contributed by atoms with Crippen molar-refractivity contribution in [1.29, 1.82) is 5.26 Å². The molecule has 0 spiro atoms. The Labute approximate surface area is 222 Å². The molecule has 2 aliphatic heterocycles. The number of amides is 1. The lowest BCUT2D eigenvalue weighted by Gasteiger charge is -2.35. The van der Waals surface area contributed by atoms with E-state index in [4.69, 9.17) is 10.1 Å². The highest BCUT2D eigenvalue weighted by Gasteiger charge is 2.34. The van der Waals surface area contributed by atoms with Gasteiger partial charge in [-0.05, 0) is 44.4 Å². The summed E-state index contributed by atoms with van der Waals surface area (Å²) in [6.07, 6.45) is 5.99. The molecule has 4 heterocycles. The van der Waals surface area contributed by atoms with Gasteiger partial charge in [0.15, 0.2) is 5.65 Å². The Morgan fingerprint density at radius 3 is 2.89 bits per heavy atom. The fourth-order valence-corrected chi connectivity index (χ4v) is 5.88. The summed E-state index contributed by atoms with van der Waals surface area (Å²) in [7, 11) is 0. The number of hydrogen-bond donors (Lipinski definition) is 2. The molecule has 11 heteroatoms. The number of halogens is 1. The van der Waals surface area contributed by atoms with Gasteiger partial charge >= 0.3 is 0 Å². The molecule has 1 aromatic carbocycles. The van der Waals surface area contributed by atoms with Crippen molar-refractivity contribution in [3.05, 3.63) is 51.8 Å². The number of likely N-dealkylation sites (tertiary alicyclic amines) is 1. The van der Waals surface area contributed by atoms with Crippen molar-refractivity contribution >= 4 is 50.9 Å². The monoisotopic (exact) mass is 569 g/mol. The molecular formula is C25H28BrN7O2S. The molecule has 9 nitrogen and oxygen atoms in total. The van der Waals surface area contributed by atoms with Crippen LogP contribution >= 0.6 is 27.9 Å². The first kappa shape index (κ1) is 24.9. The lowest BCUT2D eigenvalue weighted by atomic mass is 9.98. The highest BCUT2D eigenvalue weighted by atomic mass is 79.9. The number of piperidine rings is 1. The van der Waals surface area contributed by atoms with Crippen LogP contribution in [0, 0.1) is 24.2 Å². The average Bonchev–Trinajstić information content (AvgIpc) is 3.46. The predicted molar refractivity (Wildman–Crippen MR) is 144 cm³/mol. The number of carbonyl (C=O) groups is 1. The van der Waals surface area contributed by atoms with E-state index in [0.29, 0.717) is 30.8 Å². The topological polar surface area (TPSA) is 110 Å². The van der Waals surface area contributed by atoms with E-state index >= 15 is 0 Å². The molecule has 188 valence electrons. The van der Waals surface area contributed by atoms with Crippen LogP contribution in [-0.2, 0) is 0 Å². The summed E-state index contributed by atoms with van der Waals surface area (Å²) in [5, 5.41) is 24.3. The van der Waals surface area contributed by atoms with Crippen LogP contribution in [0.1, 0.15) is 46.9 Å². The number of aromatic nitrogens is 3. The highest BCUT2D eigenvalue weighted by Crippen LogP contribution is 2.35. The Kier molecular flexibility index (Phi) is 7.10. The molecule has 5 rings (SSSR count). The van der Waals surface area contributed by atoms with E-state index in [9.17, 15) is 15.2 Å². The number of carbonyl (C=O) groups excluding carboxylic acids is 1. The van der Waals surface area contributed by atoms with Crippen molar-refractivity contribution in [3.63, 3.8) is 0 Å². The highest BCUT2D eigenvalue weighted by molar-refractivity contribution is 9.10. The smallest absolute Gasteiger partial charge is 0.256 e. The number of nitriles is 1. The fraction of sp³-hybridized carbons (Fsp3) is 0.440. The van der Waals surface area contributed by atoms with Gasteiger partial charge in [0, 0.05) is 48.2 Å². The van der Waals surface area contributed by atoms with Gasteiger partial charge in [-0.15, -0.1) is 0 Å². The summed E-state index contributed by atoms with van der Waals surface area (Å²) >= 11 is 4.97. The SMILES string of the molecule is CSNc1ccc(Br)cc1C(=O)N1CCCC[C@H]1c1cc2nc(N3C[C@@H](C#N)[C@@H](O)C3)c(C)cn2n1. The van der Waals surface area contributed by atoms with E-state index in [1.54, 1.807) is 4.52 Å². The summed E-state index contributed by atoms with van der Waals surface area (Å²) in [6.45, 7) is 3.46. The number of anilines is 2. The quantitative estimate of drug-likeness (QED) is 0.440. The van der Waals surface area contributed by atoms with E-state index in [0.717, 1.165) is 46.5 Å². The number of aliphatic hydroxyl groups is 1. The van der Waals surface area contributed by atoms with Crippen molar-refractivity contribution in [2.75, 3.05) is 35.5 Å². The zero-order valence-electron chi connectivity index (χ0n) is 20.2. The summed E-state index contributed by atoms with van der Waals surface area (Å²) in [4.78, 5) is 22.5. The number of fused-ring (bicyclic) bond motifs is 1. The molecule has 2 fully saturated rings. The molecular weight excluding hydrogens is 542 g/mol. The first-order chi connectivity index (χ1) is 17.4. The van der Waals surface area contributed by atoms with Crippen LogP contribution < -0.4 is 9.62 Å². The number of nitrogens with zero attached hydrogens (tertiary/aromatic N) is 6. The Morgan fingerprint density at radius 1 is 1.31 bits per heavy atom. The van der Waals surface area contributed by atoms with Crippen molar-refractivity contribution in [3.8, 4) is 6.07 Å². The van der Waals surface area contributed by atoms with Crippen LogP contribution in [0.2, 0.25) is 0 Å². The second kappa shape index (κ2) is 10.3. The third-order valence-corrected chi connectivity index (χ3v) is 7.82. The third-order valence-electron chi connectivity index (χ3n) is 6.91. The van der Waals surface area contributed by atoms with Gasteiger partial charge in [-0.25, -0.2) is 9.50 Å². The maximum atomic E-state index is 13.8. The van der Waals surface area contributed by atoms with Gasteiger partial charge in [0.2, 0.25) is 0 Å². The largest absolute Gasteiger partial charge is 0.390 e. The van der Waals surface area contributed by atoms with Gasteiger partial charge in [0.1, 0.15) is 5.82 Å². The number of benzene rings is 1. The molecule has 3 atom stereocenters. The number of aryl methyl sites for hydroxylation is 1. The molecule has 3 aromatic rings. The molecule has 36 heavy (non-hydrogen) atoms. The van der Waals surface area contributed by atoms with Crippen LogP contribution in [-0.4, -0.2) is 62.5 Å². The molecule has 1 amide bonds. The van der Waals surface area contributed by atoms with Crippen LogP contribution in [0.25, 0.3) is 5.65 Å². The minimum absolute atomic E-state index is 0.0203. The van der Waals surface area contributed by atoms with Crippen LogP contribution in [0.5, 0.6) is 0 Å². The summed E-state index contributed by atoms with van der Waals surface area (Å²) in [6, 6.07) is 9.70. The predicted octanol–water partition coefficient (Wildman–Crippen LogP) is 4.18. The minimum atomic E-state index is -0.682. The van der Waals surface area contributed by atoms with Crippen LogP contribution in [0.15, 0.2) is 34.9 Å². The van der Waals surface area contributed by atoms with E-state index in [1.165, 1.54) is 11.9 Å². The zero-order chi connectivity index (χ0) is 25.4. The van der Waals surface area contributed by atoms with Crippen LogP contribution in [0.4, 0.5) is 11.5 Å². The normalized spacial score (nSPS) is 22.1. The maximum Gasteiger partial charge on any atom is 0.256 e. The molecule has 2 aromatic heterocycles. The average molecular weight is 571 g/mol. The molecule has 0 saturated carbocycles. The van der Waals surface area contributed by atoms with Crippen molar-refractivity contribution in [2.24, 2.45) is 5.92 Å². The third kappa shape index (κ3) is 4.65. The maximum absolute atomic E-state index is 13.8. The minimum Gasteiger partial charge on any atom is -0.390 e. The number of hydrogen-bond acceptors (Lipinski definition) is 8. The Balaban J connectivity index is 1.47. The molecule has 2 N–H and O–H groups in total. The molecule has 2 aliphatic rings. The second-order valence-electron chi connectivity index (χ2n) is 9.33. The molecule has 0 unspecified atom stereocenters. The summed E-state index contributed by atoms with van der Waals surface area (Å²) in [5.74, 6) is 0.311. The second-order valence-corrected chi connectivity index (χ2v) is 10.9. The fourth-order valence-electron chi connectivity index (χ4n) is 5.12. The van der Waals surface area contributed by atoms with Gasteiger partial charge < -0.3 is 19.6 Å². The van der Waals surface area contributed by atoms with Gasteiger partial charge in [-0.1, -0.05) is 27.9 Å². The summed E-state index contributed by atoms with van der Waals surface area (Å²) < 4.78 is 5.85. The first-order valence-corrected chi connectivity index (χ1v) is 14.0. The van der Waals surface area contributed by atoms with E-state index < -0.39 is 12.0 Å². The number of nitrogens with one attached hydrogen (secondary N) is 1. The van der Waals surface area contributed by atoms with E-state index in [1.807, 2.05) is 53.4 Å². The zero-order valence-corrected chi connectivity index (χ0v) is 22.6. The van der Waals surface area contributed by atoms with Crippen molar-refractivity contribution in [2.45, 2.75) is 38.3 Å². The van der Waals surface area contributed by atoms with Gasteiger partial charge in [0.05, 0.1) is 41.1 Å². The van der Waals surface area contributed by atoms with Crippen LogP contribution in [0.3, 0.4) is 0 Å². The molecule has 0 radical (unpaired) electrons. The van der Waals surface area contributed by atoms with Crippen molar-refractivity contribution < 1.29 is 9.90 Å². The Hall–Kier alpha value is -2.81. The van der Waals surface area contributed by atoms with E-state index in [2.05, 4.69) is 26.7 Å². The first-order valence-electron chi connectivity index (χ1n) is 12.0. The lowest BCUT2D eigenvalue weighted by molar-refractivity contribution is 0.0606. The molecule has 0 aliphatic carbocycles. The van der Waals surface area contributed by atoms with Gasteiger partial charge in [0.25, 0.3) is 5.91 Å². The van der Waals surface area contributed by atoms with Crippen molar-refractivity contribution in [1.82, 2.24) is 19.5 Å². The van der Waals surface area contributed by atoms with Gasteiger partial charge in [-0.3, -0.25) is 4.79 Å². The Bertz CT molecular complexity index is 1340. The number of aliphatic hydroxyl groups excluding tert-OH is 1. The number of rotatable bonds is 5. The lowest BCUT2D eigenvalue weighted by Crippen LogP contribution is -2.39. The van der Waals surface area contributed by atoms with Gasteiger partial charge in [-0.2, -0.15) is 10.4 Å².